The van der Waals surface area contributed by atoms with Gasteiger partial charge >= 0.3 is 0 Å². The molecular weight excluding hydrogens is 300 g/mol. The molecule has 2 N–H and O–H groups in total. The van der Waals surface area contributed by atoms with Crippen molar-refractivity contribution in [1.82, 2.24) is 10.2 Å². The molecule has 1 amide bonds. The van der Waals surface area contributed by atoms with Gasteiger partial charge in [0.1, 0.15) is 0 Å². The average Bonchev–Trinajstić information content (AvgIpc) is 3.29. The van der Waals surface area contributed by atoms with E-state index in [1.807, 2.05) is 38.1 Å². The van der Waals surface area contributed by atoms with Crippen LogP contribution in [0.2, 0.25) is 0 Å². The largest absolute Gasteiger partial charge is 0.387 e. The molecule has 0 spiro atoms. The van der Waals surface area contributed by atoms with Crippen molar-refractivity contribution in [3.8, 4) is 0 Å². The summed E-state index contributed by atoms with van der Waals surface area (Å²) >= 11 is 0. The molecule has 1 aliphatic rings. The van der Waals surface area contributed by atoms with E-state index in [-0.39, 0.29) is 18.3 Å². The first-order valence-corrected chi connectivity index (χ1v) is 7.83. The van der Waals surface area contributed by atoms with Gasteiger partial charge in [-0.05, 0) is 44.7 Å². The number of carbonyl (C=O) groups is 1. The van der Waals surface area contributed by atoms with E-state index >= 15 is 0 Å². The lowest BCUT2D eigenvalue weighted by Crippen LogP contribution is -2.40. The standard InChI is InChI=1S/C17H26N2O2.ClH/c1-3-19(17(21)11-18-10-14-6-7-14)12-16(20)15-8-4-13(2)5-9-15;/h4-5,8-9,14,16,18,20H,3,6-7,10-12H2,1-2H3;1H. The molecule has 1 fully saturated rings. The molecule has 4 nitrogen and oxygen atoms in total. The number of carbonyl (C=O) groups excluding carboxylic acids is 1. The minimum Gasteiger partial charge on any atom is -0.387 e. The van der Waals surface area contributed by atoms with Gasteiger partial charge in [0, 0.05) is 6.54 Å². The molecule has 1 aromatic rings. The summed E-state index contributed by atoms with van der Waals surface area (Å²) in [7, 11) is 0. The first-order valence-electron chi connectivity index (χ1n) is 7.83. The number of halogens is 1. The molecule has 5 heteroatoms. The maximum absolute atomic E-state index is 12.1. The predicted octanol–water partition coefficient (Wildman–Crippen LogP) is 2.30. The van der Waals surface area contributed by atoms with E-state index < -0.39 is 6.10 Å². The SMILES string of the molecule is CCN(CC(O)c1ccc(C)cc1)C(=O)CNCC1CC1.Cl. The summed E-state index contributed by atoms with van der Waals surface area (Å²) in [6.45, 7) is 6.23. The van der Waals surface area contributed by atoms with E-state index in [1.54, 1.807) is 4.90 Å². The third-order valence-electron chi connectivity index (χ3n) is 4.00. The second-order valence-electron chi connectivity index (χ2n) is 5.93. The van der Waals surface area contributed by atoms with E-state index in [0.717, 1.165) is 18.0 Å². The van der Waals surface area contributed by atoms with Gasteiger partial charge in [-0.25, -0.2) is 0 Å². The quantitative estimate of drug-likeness (QED) is 0.770. The first kappa shape index (κ1) is 18.9. The van der Waals surface area contributed by atoms with Gasteiger partial charge in [0.2, 0.25) is 5.91 Å². The van der Waals surface area contributed by atoms with Crippen molar-refractivity contribution in [1.29, 1.82) is 0 Å². The van der Waals surface area contributed by atoms with Crippen molar-refractivity contribution in [2.45, 2.75) is 32.8 Å². The Hall–Kier alpha value is -1.10. The summed E-state index contributed by atoms with van der Waals surface area (Å²) in [5.41, 5.74) is 2.02. The van der Waals surface area contributed by atoms with Crippen LogP contribution < -0.4 is 5.32 Å². The fourth-order valence-corrected chi connectivity index (χ4v) is 2.33. The van der Waals surface area contributed by atoms with Crippen LogP contribution in [0.1, 0.15) is 37.0 Å². The molecule has 1 atom stereocenters. The van der Waals surface area contributed by atoms with Crippen LogP contribution in [0.15, 0.2) is 24.3 Å². The number of aryl methyl sites for hydroxylation is 1. The molecule has 1 aromatic carbocycles. The summed E-state index contributed by atoms with van der Waals surface area (Å²) < 4.78 is 0. The maximum atomic E-state index is 12.1. The highest BCUT2D eigenvalue weighted by Gasteiger charge is 2.22. The molecule has 124 valence electrons. The highest BCUT2D eigenvalue weighted by Crippen LogP contribution is 2.27. The third kappa shape index (κ3) is 5.95. The highest BCUT2D eigenvalue weighted by molar-refractivity contribution is 5.85. The smallest absolute Gasteiger partial charge is 0.236 e. The number of benzene rings is 1. The zero-order chi connectivity index (χ0) is 15.2. The Labute approximate surface area is 139 Å². The summed E-state index contributed by atoms with van der Waals surface area (Å²) in [6.07, 6.45) is 1.94. The molecular formula is C17H27ClN2O2. The third-order valence-corrected chi connectivity index (χ3v) is 4.00. The van der Waals surface area contributed by atoms with E-state index in [9.17, 15) is 9.90 Å². The summed E-state index contributed by atoms with van der Waals surface area (Å²) in [5.74, 6) is 0.829. The maximum Gasteiger partial charge on any atom is 0.236 e. The lowest BCUT2D eigenvalue weighted by atomic mass is 10.1. The molecule has 1 unspecified atom stereocenters. The molecule has 0 radical (unpaired) electrons. The second-order valence-corrected chi connectivity index (χ2v) is 5.93. The summed E-state index contributed by atoms with van der Waals surface area (Å²) in [5, 5.41) is 13.5. The molecule has 0 bridgehead atoms. The fraction of sp³-hybridized carbons (Fsp3) is 0.588. The lowest BCUT2D eigenvalue weighted by molar-refractivity contribution is -0.131. The Morgan fingerprint density at radius 2 is 2.00 bits per heavy atom. The monoisotopic (exact) mass is 326 g/mol. The van der Waals surface area contributed by atoms with Crippen molar-refractivity contribution in [3.05, 3.63) is 35.4 Å². The number of aliphatic hydroxyl groups excluding tert-OH is 1. The number of hydrogen-bond acceptors (Lipinski definition) is 3. The van der Waals surface area contributed by atoms with Gasteiger partial charge in [0.15, 0.2) is 0 Å². The van der Waals surface area contributed by atoms with Gasteiger partial charge in [-0.1, -0.05) is 29.8 Å². The first-order chi connectivity index (χ1) is 10.1. The molecule has 0 aromatic heterocycles. The van der Waals surface area contributed by atoms with Gasteiger partial charge in [-0.15, -0.1) is 12.4 Å². The van der Waals surface area contributed by atoms with Crippen molar-refractivity contribution in [3.63, 3.8) is 0 Å². The summed E-state index contributed by atoms with van der Waals surface area (Å²) in [4.78, 5) is 13.9. The van der Waals surface area contributed by atoms with Crippen LogP contribution in [-0.2, 0) is 4.79 Å². The number of aliphatic hydroxyl groups is 1. The minimum atomic E-state index is -0.627. The van der Waals surface area contributed by atoms with Gasteiger partial charge in [-0.3, -0.25) is 4.79 Å². The fourth-order valence-electron chi connectivity index (χ4n) is 2.33. The molecule has 0 heterocycles. The minimum absolute atomic E-state index is 0. The van der Waals surface area contributed by atoms with Crippen molar-refractivity contribution < 1.29 is 9.90 Å². The Morgan fingerprint density at radius 3 is 2.55 bits per heavy atom. The number of nitrogens with one attached hydrogen (secondary N) is 1. The van der Waals surface area contributed by atoms with Crippen LogP contribution in [-0.4, -0.2) is 42.1 Å². The van der Waals surface area contributed by atoms with Gasteiger partial charge in [-0.2, -0.15) is 0 Å². The van der Waals surface area contributed by atoms with Crippen molar-refractivity contribution >= 4 is 18.3 Å². The second kappa shape index (κ2) is 9.13. The van der Waals surface area contributed by atoms with Gasteiger partial charge in [0.05, 0.1) is 19.2 Å². The van der Waals surface area contributed by atoms with E-state index in [4.69, 9.17) is 0 Å². The molecule has 1 aliphatic carbocycles. The lowest BCUT2D eigenvalue weighted by Gasteiger charge is -2.24. The zero-order valence-corrected chi connectivity index (χ0v) is 14.2. The Kier molecular flexibility index (Phi) is 7.87. The predicted molar refractivity (Wildman–Crippen MR) is 91.2 cm³/mol. The molecule has 2 rings (SSSR count). The zero-order valence-electron chi connectivity index (χ0n) is 13.4. The molecule has 0 saturated heterocycles. The Bertz CT molecular complexity index is 460. The van der Waals surface area contributed by atoms with Crippen LogP contribution in [0.5, 0.6) is 0 Å². The molecule has 22 heavy (non-hydrogen) atoms. The van der Waals surface area contributed by atoms with Gasteiger partial charge in [0.25, 0.3) is 0 Å². The number of rotatable bonds is 8. The number of likely N-dealkylation sites (N-methyl/N-ethyl adjacent to an activating group) is 1. The van der Waals surface area contributed by atoms with Gasteiger partial charge < -0.3 is 15.3 Å². The average molecular weight is 327 g/mol. The van der Waals surface area contributed by atoms with Crippen molar-refractivity contribution in [2.75, 3.05) is 26.2 Å². The molecule has 0 aliphatic heterocycles. The van der Waals surface area contributed by atoms with Crippen LogP contribution in [0.25, 0.3) is 0 Å². The summed E-state index contributed by atoms with van der Waals surface area (Å²) in [6, 6.07) is 7.80. The van der Waals surface area contributed by atoms with Crippen LogP contribution >= 0.6 is 12.4 Å². The van der Waals surface area contributed by atoms with Crippen molar-refractivity contribution in [2.24, 2.45) is 5.92 Å². The van der Waals surface area contributed by atoms with E-state index in [1.165, 1.54) is 18.4 Å². The van der Waals surface area contributed by atoms with Crippen LogP contribution in [0.3, 0.4) is 0 Å². The van der Waals surface area contributed by atoms with Crippen LogP contribution in [0.4, 0.5) is 0 Å². The molecule has 1 saturated carbocycles. The number of amides is 1. The van der Waals surface area contributed by atoms with Crippen LogP contribution in [0, 0.1) is 12.8 Å². The highest BCUT2D eigenvalue weighted by atomic mass is 35.5. The van der Waals surface area contributed by atoms with E-state index in [0.29, 0.717) is 19.6 Å². The van der Waals surface area contributed by atoms with E-state index in [2.05, 4.69) is 5.32 Å². The topological polar surface area (TPSA) is 52.6 Å². The Balaban J connectivity index is 0.00000242. The number of nitrogens with zero attached hydrogens (tertiary/aromatic N) is 1. The normalized spacial score (nSPS) is 15.0. The Morgan fingerprint density at radius 1 is 1.36 bits per heavy atom. The number of hydrogen-bond donors (Lipinski definition) is 2.